The van der Waals surface area contributed by atoms with E-state index in [0.29, 0.717) is 12.1 Å². The summed E-state index contributed by atoms with van der Waals surface area (Å²) in [5.74, 6) is -0.410. The first-order valence-electron chi connectivity index (χ1n) is 6.39. The Morgan fingerprint density at radius 3 is 2.75 bits per heavy atom. The van der Waals surface area contributed by atoms with Crippen LogP contribution in [0.1, 0.15) is 19.3 Å². The molecule has 0 spiro atoms. The number of anilines is 1. The highest BCUT2D eigenvalue weighted by Gasteiger charge is 2.43. The van der Waals surface area contributed by atoms with Crippen molar-refractivity contribution in [3.63, 3.8) is 0 Å². The van der Waals surface area contributed by atoms with Gasteiger partial charge in [0, 0.05) is 23.7 Å². The zero-order valence-electron chi connectivity index (χ0n) is 10.6. The van der Waals surface area contributed by atoms with Crippen LogP contribution in [0, 0.1) is 5.92 Å². The zero-order chi connectivity index (χ0) is 14.3. The SMILES string of the molecule is NC1CCC(C(=O)Nc2ccc3c(c2)OC(F)(F)O3)C1. The number of fused-ring (bicyclic) bond motifs is 1. The van der Waals surface area contributed by atoms with Gasteiger partial charge in [-0.3, -0.25) is 4.79 Å². The minimum atomic E-state index is -3.65. The number of ether oxygens (including phenoxy) is 2. The highest BCUT2D eigenvalue weighted by atomic mass is 19.3. The number of halogens is 2. The fourth-order valence-electron chi connectivity index (χ4n) is 2.53. The molecule has 7 heteroatoms. The molecule has 108 valence electrons. The molecule has 1 aliphatic heterocycles. The van der Waals surface area contributed by atoms with Crippen LogP contribution in [0.2, 0.25) is 0 Å². The first-order valence-corrected chi connectivity index (χ1v) is 6.39. The van der Waals surface area contributed by atoms with E-state index in [1.807, 2.05) is 0 Å². The Morgan fingerprint density at radius 2 is 2.05 bits per heavy atom. The van der Waals surface area contributed by atoms with Crippen molar-refractivity contribution in [2.75, 3.05) is 5.32 Å². The van der Waals surface area contributed by atoms with Gasteiger partial charge in [0.15, 0.2) is 11.5 Å². The lowest BCUT2D eigenvalue weighted by Gasteiger charge is -2.11. The molecule has 3 rings (SSSR count). The first-order chi connectivity index (χ1) is 9.43. The van der Waals surface area contributed by atoms with Gasteiger partial charge in [-0.2, -0.15) is 0 Å². The Hall–Kier alpha value is -1.89. The maximum absolute atomic E-state index is 12.9. The predicted octanol–water partition coefficient (Wildman–Crippen LogP) is 2.07. The van der Waals surface area contributed by atoms with Gasteiger partial charge in [0.2, 0.25) is 5.91 Å². The molecule has 1 amide bonds. The first kappa shape index (κ1) is 13.1. The number of nitrogens with one attached hydrogen (secondary N) is 1. The molecule has 2 atom stereocenters. The van der Waals surface area contributed by atoms with Crippen LogP contribution in [0.15, 0.2) is 18.2 Å². The van der Waals surface area contributed by atoms with Gasteiger partial charge in [-0.05, 0) is 31.4 Å². The number of rotatable bonds is 2. The second-order valence-corrected chi connectivity index (χ2v) is 5.09. The lowest BCUT2D eigenvalue weighted by molar-refractivity contribution is -0.286. The Morgan fingerprint density at radius 1 is 1.30 bits per heavy atom. The molecular weight excluding hydrogens is 270 g/mol. The number of carbonyl (C=O) groups is 1. The Balaban J connectivity index is 1.69. The van der Waals surface area contributed by atoms with E-state index in [0.717, 1.165) is 12.8 Å². The fourth-order valence-corrected chi connectivity index (χ4v) is 2.53. The van der Waals surface area contributed by atoms with E-state index in [9.17, 15) is 13.6 Å². The van der Waals surface area contributed by atoms with E-state index in [-0.39, 0.29) is 29.4 Å². The molecule has 2 aliphatic rings. The van der Waals surface area contributed by atoms with Gasteiger partial charge in [0.05, 0.1) is 0 Å². The van der Waals surface area contributed by atoms with Gasteiger partial charge >= 0.3 is 6.29 Å². The fraction of sp³-hybridized carbons (Fsp3) is 0.462. The van der Waals surface area contributed by atoms with Crippen LogP contribution in [0.25, 0.3) is 0 Å². The Kier molecular flexibility index (Phi) is 3.01. The van der Waals surface area contributed by atoms with E-state index in [4.69, 9.17) is 5.73 Å². The van der Waals surface area contributed by atoms with E-state index < -0.39 is 6.29 Å². The number of nitrogens with two attached hydrogens (primary N) is 1. The molecule has 0 aromatic heterocycles. The van der Waals surface area contributed by atoms with Crippen molar-refractivity contribution in [3.8, 4) is 11.5 Å². The summed E-state index contributed by atoms with van der Waals surface area (Å²) in [5.41, 5.74) is 6.16. The summed E-state index contributed by atoms with van der Waals surface area (Å²) in [5, 5.41) is 2.69. The maximum Gasteiger partial charge on any atom is 0.586 e. The quantitative estimate of drug-likeness (QED) is 0.872. The molecule has 1 aromatic rings. The summed E-state index contributed by atoms with van der Waals surface area (Å²) in [4.78, 5) is 12.0. The minimum absolute atomic E-state index is 0.0455. The van der Waals surface area contributed by atoms with Gasteiger partial charge in [0.25, 0.3) is 0 Å². The highest BCUT2D eigenvalue weighted by Crippen LogP contribution is 2.42. The minimum Gasteiger partial charge on any atom is -0.395 e. The van der Waals surface area contributed by atoms with Gasteiger partial charge in [-0.15, -0.1) is 8.78 Å². The van der Waals surface area contributed by atoms with Crippen molar-refractivity contribution >= 4 is 11.6 Å². The molecular formula is C13H14F2N2O3. The van der Waals surface area contributed by atoms with E-state index >= 15 is 0 Å². The number of benzene rings is 1. The molecule has 0 saturated heterocycles. The molecule has 1 saturated carbocycles. The van der Waals surface area contributed by atoms with Crippen LogP contribution in [0.5, 0.6) is 11.5 Å². The molecule has 1 heterocycles. The van der Waals surface area contributed by atoms with Crippen LogP contribution in [-0.2, 0) is 4.79 Å². The lowest BCUT2D eigenvalue weighted by Crippen LogP contribution is -2.26. The van der Waals surface area contributed by atoms with Crippen molar-refractivity contribution in [2.24, 2.45) is 11.7 Å². The maximum atomic E-state index is 12.9. The molecule has 5 nitrogen and oxygen atoms in total. The molecule has 1 aliphatic carbocycles. The van der Waals surface area contributed by atoms with Crippen LogP contribution < -0.4 is 20.5 Å². The van der Waals surface area contributed by atoms with Gasteiger partial charge < -0.3 is 20.5 Å². The van der Waals surface area contributed by atoms with Crippen LogP contribution in [0.4, 0.5) is 14.5 Å². The third-order valence-corrected chi connectivity index (χ3v) is 3.51. The number of alkyl halides is 2. The monoisotopic (exact) mass is 284 g/mol. The molecule has 2 unspecified atom stereocenters. The molecule has 0 bridgehead atoms. The molecule has 20 heavy (non-hydrogen) atoms. The number of amides is 1. The van der Waals surface area contributed by atoms with Crippen molar-refractivity contribution in [1.29, 1.82) is 0 Å². The zero-order valence-corrected chi connectivity index (χ0v) is 10.6. The third-order valence-electron chi connectivity index (χ3n) is 3.51. The molecule has 1 aromatic carbocycles. The van der Waals surface area contributed by atoms with E-state index in [2.05, 4.69) is 14.8 Å². The van der Waals surface area contributed by atoms with Gasteiger partial charge in [0.1, 0.15) is 0 Å². The smallest absolute Gasteiger partial charge is 0.395 e. The number of hydrogen-bond donors (Lipinski definition) is 2. The largest absolute Gasteiger partial charge is 0.586 e. The lowest BCUT2D eigenvalue weighted by atomic mass is 10.1. The van der Waals surface area contributed by atoms with Crippen molar-refractivity contribution < 1.29 is 23.0 Å². The topological polar surface area (TPSA) is 73.6 Å². The molecule has 3 N–H and O–H groups in total. The van der Waals surface area contributed by atoms with Crippen molar-refractivity contribution in [2.45, 2.75) is 31.6 Å². The normalized spacial score (nSPS) is 26.6. The van der Waals surface area contributed by atoms with E-state index in [1.54, 1.807) is 0 Å². The second kappa shape index (κ2) is 4.59. The average molecular weight is 284 g/mol. The highest BCUT2D eigenvalue weighted by molar-refractivity contribution is 5.93. The van der Waals surface area contributed by atoms with Crippen molar-refractivity contribution in [3.05, 3.63) is 18.2 Å². The Labute approximate surface area is 114 Å². The standard InChI is InChI=1S/C13H14F2N2O3/c14-13(15)19-10-4-3-9(6-11(10)20-13)17-12(18)7-1-2-8(16)5-7/h3-4,6-8H,1-2,5,16H2,(H,17,18). The summed E-state index contributed by atoms with van der Waals surface area (Å²) in [6.45, 7) is 0. The van der Waals surface area contributed by atoms with E-state index in [1.165, 1.54) is 18.2 Å². The predicted molar refractivity (Wildman–Crippen MR) is 66.6 cm³/mol. The second-order valence-electron chi connectivity index (χ2n) is 5.09. The summed E-state index contributed by atoms with van der Waals surface area (Å²) in [6.07, 6.45) is -1.43. The average Bonchev–Trinajstić information content (AvgIpc) is 2.90. The van der Waals surface area contributed by atoms with Gasteiger partial charge in [-0.1, -0.05) is 0 Å². The summed E-state index contributed by atoms with van der Waals surface area (Å²) >= 11 is 0. The van der Waals surface area contributed by atoms with Crippen LogP contribution in [-0.4, -0.2) is 18.2 Å². The third kappa shape index (κ3) is 2.53. The van der Waals surface area contributed by atoms with Crippen LogP contribution in [0.3, 0.4) is 0 Å². The summed E-state index contributed by atoms with van der Waals surface area (Å²) < 4.78 is 34.4. The summed E-state index contributed by atoms with van der Waals surface area (Å²) in [7, 11) is 0. The van der Waals surface area contributed by atoms with Crippen LogP contribution >= 0.6 is 0 Å². The molecule has 1 fully saturated rings. The summed E-state index contributed by atoms with van der Waals surface area (Å²) in [6, 6.07) is 4.22. The van der Waals surface area contributed by atoms with Gasteiger partial charge in [-0.25, -0.2) is 0 Å². The number of hydrogen-bond acceptors (Lipinski definition) is 4. The Bertz CT molecular complexity index is 550. The van der Waals surface area contributed by atoms with Crippen molar-refractivity contribution in [1.82, 2.24) is 0 Å². The number of carbonyl (C=O) groups excluding carboxylic acids is 1. The molecule has 0 radical (unpaired) electrons.